The molecule has 1 aliphatic heterocycles. The molecule has 0 bridgehead atoms. The highest BCUT2D eigenvalue weighted by Gasteiger charge is 2.27. The lowest BCUT2D eigenvalue weighted by atomic mass is 9.98. The van der Waals surface area contributed by atoms with Crippen molar-refractivity contribution in [1.82, 2.24) is 10.1 Å². The molecule has 1 atom stereocenters. The second-order valence-corrected chi connectivity index (χ2v) is 5.08. The highest BCUT2D eigenvalue weighted by molar-refractivity contribution is 5.93. The fourth-order valence-corrected chi connectivity index (χ4v) is 2.42. The van der Waals surface area contributed by atoms with Crippen LogP contribution in [0.1, 0.15) is 18.6 Å². The van der Waals surface area contributed by atoms with Crippen molar-refractivity contribution in [2.75, 3.05) is 32.1 Å². The number of carboxylic acids is 1. The molecule has 8 nitrogen and oxygen atoms in total. The Hall–Kier alpha value is -2.09. The number of likely N-dealkylation sites (tertiary alicyclic amines) is 1. The monoisotopic (exact) mass is 297 g/mol. The number of aromatic nitrogens is 1. The predicted octanol–water partition coefficient (Wildman–Crippen LogP) is 0.727. The van der Waals surface area contributed by atoms with Gasteiger partial charge in [-0.15, -0.1) is 0 Å². The number of carbonyl (C=O) groups excluding carboxylic acids is 1. The molecule has 0 radical (unpaired) electrons. The molecule has 2 rings (SSSR count). The quantitative estimate of drug-likeness (QED) is 0.825. The minimum Gasteiger partial charge on any atom is -0.481 e. The van der Waals surface area contributed by atoms with Crippen LogP contribution in [0.25, 0.3) is 0 Å². The third kappa shape index (κ3) is 3.72. The second kappa shape index (κ2) is 6.57. The van der Waals surface area contributed by atoms with Gasteiger partial charge in [0.15, 0.2) is 5.76 Å². The van der Waals surface area contributed by atoms with Gasteiger partial charge in [0.05, 0.1) is 19.6 Å². The minimum absolute atomic E-state index is 0.136. The molecule has 0 aliphatic carbocycles. The van der Waals surface area contributed by atoms with E-state index in [1.807, 2.05) is 4.90 Å². The topological polar surface area (TPSA) is 105 Å². The molecule has 0 aromatic carbocycles. The number of methoxy groups -OCH3 is 1. The zero-order chi connectivity index (χ0) is 15.4. The summed E-state index contributed by atoms with van der Waals surface area (Å²) in [4.78, 5) is 24.9. The standard InChI is InChI=1S/C13H19N3O5/c1-8-11(12(20-2)15-21-8)14-10(17)7-16-5-3-4-9(6-16)13(18)19/h9H,3-7H2,1-2H3,(H,14,17)(H,18,19). The van der Waals surface area contributed by atoms with E-state index in [1.54, 1.807) is 6.92 Å². The van der Waals surface area contributed by atoms with E-state index in [9.17, 15) is 9.59 Å². The van der Waals surface area contributed by atoms with Crippen molar-refractivity contribution in [2.24, 2.45) is 5.92 Å². The van der Waals surface area contributed by atoms with Gasteiger partial charge in [-0.05, 0) is 31.5 Å². The molecule has 8 heteroatoms. The van der Waals surface area contributed by atoms with Crippen LogP contribution < -0.4 is 10.1 Å². The van der Waals surface area contributed by atoms with Crippen molar-refractivity contribution in [3.8, 4) is 5.88 Å². The van der Waals surface area contributed by atoms with Gasteiger partial charge in [-0.3, -0.25) is 14.5 Å². The molecule has 1 aromatic rings. The molecule has 1 unspecified atom stereocenters. The number of aliphatic carboxylic acids is 1. The Morgan fingerprint density at radius 3 is 3.00 bits per heavy atom. The van der Waals surface area contributed by atoms with E-state index in [2.05, 4.69) is 10.5 Å². The Morgan fingerprint density at radius 1 is 1.57 bits per heavy atom. The van der Waals surface area contributed by atoms with Gasteiger partial charge < -0.3 is 19.7 Å². The lowest BCUT2D eigenvalue weighted by Gasteiger charge is -2.29. The first-order valence-electron chi connectivity index (χ1n) is 6.76. The van der Waals surface area contributed by atoms with Gasteiger partial charge in [0.1, 0.15) is 5.69 Å². The normalized spacial score (nSPS) is 19.2. The second-order valence-electron chi connectivity index (χ2n) is 5.08. The van der Waals surface area contributed by atoms with Gasteiger partial charge in [0.2, 0.25) is 5.91 Å². The molecule has 1 amide bonds. The van der Waals surface area contributed by atoms with Crippen molar-refractivity contribution < 1.29 is 24.0 Å². The summed E-state index contributed by atoms with van der Waals surface area (Å²) in [6.45, 7) is 2.92. The third-order valence-corrected chi connectivity index (χ3v) is 3.51. The Morgan fingerprint density at radius 2 is 2.33 bits per heavy atom. The van der Waals surface area contributed by atoms with Gasteiger partial charge in [-0.25, -0.2) is 0 Å². The summed E-state index contributed by atoms with van der Waals surface area (Å²) >= 11 is 0. The number of hydrogen-bond acceptors (Lipinski definition) is 6. The van der Waals surface area contributed by atoms with E-state index >= 15 is 0 Å². The van der Waals surface area contributed by atoms with Crippen LogP contribution in [0, 0.1) is 12.8 Å². The summed E-state index contributed by atoms with van der Waals surface area (Å²) in [6.07, 6.45) is 1.44. The van der Waals surface area contributed by atoms with Crippen LogP contribution in [0.3, 0.4) is 0 Å². The number of anilines is 1. The first-order valence-corrected chi connectivity index (χ1v) is 6.76. The summed E-state index contributed by atoms with van der Waals surface area (Å²) in [5.74, 6) is -0.772. The maximum absolute atomic E-state index is 12.1. The first-order chi connectivity index (χ1) is 10.0. The maximum atomic E-state index is 12.1. The smallest absolute Gasteiger partial charge is 0.307 e. The first kappa shape index (κ1) is 15.3. The van der Waals surface area contributed by atoms with Crippen LogP contribution in [0.2, 0.25) is 0 Å². The number of ether oxygens (including phenoxy) is 1. The average molecular weight is 297 g/mol. The minimum atomic E-state index is -0.809. The van der Waals surface area contributed by atoms with Gasteiger partial charge in [-0.2, -0.15) is 0 Å². The van der Waals surface area contributed by atoms with Crippen molar-refractivity contribution in [3.63, 3.8) is 0 Å². The van der Waals surface area contributed by atoms with Crippen molar-refractivity contribution in [3.05, 3.63) is 5.76 Å². The van der Waals surface area contributed by atoms with Gasteiger partial charge in [0.25, 0.3) is 5.88 Å². The van der Waals surface area contributed by atoms with Gasteiger partial charge in [0, 0.05) is 6.54 Å². The molecule has 1 saturated heterocycles. The van der Waals surface area contributed by atoms with E-state index in [0.29, 0.717) is 24.4 Å². The van der Waals surface area contributed by atoms with Crippen LogP contribution in [-0.4, -0.2) is 53.8 Å². The number of hydrogen-bond donors (Lipinski definition) is 2. The fraction of sp³-hybridized carbons (Fsp3) is 0.615. The van der Waals surface area contributed by atoms with Crippen LogP contribution in [0.5, 0.6) is 5.88 Å². The molecule has 1 aromatic heterocycles. The number of nitrogens with one attached hydrogen (secondary N) is 1. The number of aryl methyl sites for hydroxylation is 1. The largest absolute Gasteiger partial charge is 0.481 e. The maximum Gasteiger partial charge on any atom is 0.307 e. The molecule has 0 saturated carbocycles. The Balaban J connectivity index is 1.92. The van der Waals surface area contributed by atoms with E-state index in [0.717, 1.165) is 13.0 Å². The summed E-state index contributed by atoms with van der Waals surface area (Å²) in [5, 5.41) is 15.4. The number of nitrogens with zero attached hydrogens (tertiary/aromatic N) is 2. The van der Waals surface area contributed by atoms with Gasteiger partial charge >= 0.3 is 5.97 Å². The molecule has 2 N–H and O–H groups in total. The predicted molar refractivity (Wildman–Crippen MR) is 73.2 cm³/mol. The molecular formula is C13H19N3O5. The number of piperidine rings is 1. The van der Waals surface area contributed by atoms with Gasteiger partial charge in [-0.1, -0.05) is 0 Å². The van der Waals surface area contributed by atoms with Crippen molar-refractivity contribution in [2.45, 2.75) is 19.8 Å². The van der Waals surface area contributed by atoms with E-state index in [4.69, 9.17) is 14.4 Å². The molecule has 1 aliphatic rings. The third-order valence-electron chi connectivity index (χ3n) is 3.51. The van der Waals surface area contributed by atoms with Crippen molar-refractivity contribution in [1.29, 1.82) is 0 Å². The zero-order valence-electron chi connectivity index (χ0n) is 12.1. The summed E-state index contributed by atoms with van der Waals surface area (Å²) in [5.41, 5.74) is 0.411. The molecule has 1 fully saturated rings. The van der Waals surface area contributed by atoms with Crippen LogP contribution >= 0.6 is 0 Å². The molecule has 21 heavy (non-hydrogen) atoms. The summed E-state index contributed by atoms with van der Waals surface area (Å²) in [6, 6.07) is 0. The fourth-order valence-electron chi connectivity index (χ4n) is 2.42. The lowest BCUT2D eigenvalue weighted by Crippen LogP contribution is -2.42. The number of carbonyl (C=O) groups is 2. The Bertz CT molecular complexity index is 528. The zero-order valence-corrected chi connectivity index (χ0v) is 12.1. The molecule has 0 spiro atoms. The highest BCUT2D eigenvalue weighted by atomic mass is 16.5. The van der Waals surface area contributed by atoms with Crippen LogP contribution in [-0.2, 0) is 9.59 Å². The summed E-state index contributed by atoms with van der Waals surface area (Å²) in [7, 11) is 1.44. The summed E-state index contributed by atoms with van der Waals surface area (Å²) < 4.78 is 9.94. The van der Waals surface area contributed by atoms with Crippen molar-refractivity contribution >= 4 is 17.6 Å². The van der Waals surface area contributed by atoms with E-state index < -0.39 is 11.9 Å². The highest BCUT2D eigenvalue weighted by Crippen LogP contribution is 2.26. The Labute approximate surface area is 122 Å². The van der Waals surface area contributed by atoms with Crippen LogP contribution in [0.15, 0.2) is 4.52 Å². The van der Waals surface area contributed by atoms with E-state index in [1.165, 1.54) is 7.11 Å². The number of carboxylic acid groups (broad SMARTS) is 1. The molecule has 2 heterocycles. The number of amides is 1. The SMILES string of the molecule is COc1noc(C)c1NC(=O)CN1CCCC(C(=O)O)C1. The molecular weight excluding hydrogens is 278 g/mol. The average Bonchev–Trinajstić information content (AvgIpc) is 2.79. The van der Waals surface area contributed by atoms with E-state index in [-0.39, 0.29) is 18.3 Å². The lowest BCUT2D eigenvalue weighted by molar-refractivity contribution is -0.144. The number of rotatable bonds is 5. The molecule has 116 valence electrons. The Kier molecular flexibility index (Phi) is 4.79. The van der Waals surface area contributed by atoms with Crippen LogP contribution in [0.4, 0.5) is 5.69 Å².